The molecular formula is C18H18N2O7S. The van der Waals surface area contributed by atoms with E-state index < -0.39 is 20.9 Å². The maximum absolute atomic E-state index is 12.9. The van der Waals surface area contributed by atoms with Crippen molar-refractivity contribution in [2.45, 2.75) is 11.8 Å². The van der Waals surface area contributed by atoms with E-state index in [4.69, 9.17) is 9.47 Å². The SMILES string of the molecule is Cc1ccc(C(=O)Oc2ccc([N+](=O)[O-])cc2)cc1S(=O)(=O)N1CCOCC1. The van der Waals surface area contributed by atoms with Gasteiger partial charge in [-0.25, -0.2) is 13.2 Å². The van der Waals surface area contributed by atoms with Gasteiger partial charge in [0.1, 0.15) is 5.75 Å². The number of carbonyl (C=O) groups excluding carboxylic acids is 1. The Labute approximate surface area is 161 Å². The number of hydrogen-bond donors (Lipinski definition) is 0. The molecule has 0 unspecified atom stereocenters. The number of morpholine rings is 1. The molecule has 0 radical (unpaired) electrons. The zero-order valence-electron chi connectivity index (χ0n) is 15.0. The van der Waals surface area contributed by atoms with Gasteiger partial charge in [-0.3, -0.25) is 10.1 Å². The van der Waals surface area contributed by atoms with Crippen molar-refractivity contribution in [3.05, 3.63) is 63.7 Å². The summed E-state index contributed by atoms with van der Waals surface area (Å²) in [6.45, 7) is 2.79. The van der Waals surface area contributed by atoms with Crippen LogP contribution in [0.2, 0.25) is 0 Å². The van der Waals surface area contributed by atoms with Crippen LogP contribution in [0.1, 0.15) is 15.9 Å². The second-order valence-electron chi connectivity index (χ2n) is 6.14. The summed E-state index contributed by atoms with van der Waals surface area (Å²) < 4.78 is 37.5. The van der Waals surface area contributed by atoms with E-state index in [1.165, 1.54) is 40.7 Å². The lowest BCUT2D eigenvalue weighted by atomic mass is 10.1. The number of aryl methyl sites for hydroxylation is 1. The molecule has 28 heavy (non-hydrogen) atoms. The molecule has 2 aromatic rings. The fourth-order valence-corrected chi connectivity index (χ4v) is 4.39. The van der Waals surface area contributed by atoms with Gasteiger partial charge in [-0.05, 0) is 36.8 Å². The maximum Gasteiger partial charge on any atom is 0.343 e. The number of sulfonamides is 1. The molecule has 0 N–H and O–H groups in total. The highest BCUT2D eigenvalue weighted by atomic mass is 32.2. The summed E-state index contributed by atoms with van der Waals surface area (Å²) in [5.41, 5.74) is 0.447. The number of ether oxygens (including phenoxy) is 2. The summed E-state index contributed by atoms with van der Waals surface area (Å²) in [7, 11) is -3.77. The van der Waals surface area contributed by atoms with E-state index in [1.807, 2.05) is 0 Å². The van der Waals surface area contributed by atoms with Gasteiger partial charge in [0.15, 0.2) is 0 Å². The molecule has 0 bridgehead atoms. The van der Waals surface area contributed by atoms with Gasteiger partial charge in [-0.15, -0.1) is 0 Å². The summed E-state index contributed by atoms with van der Waals surface area (Å²) in [6, 6.07) is 9.33. The average molecular weight is 406 g/mol. The number of benzene rings is 2. The highest BCUT2D eigenvalue weighted by molar-refractivity contribution is 7.89. The molecule has 0 saturated carbocycles. The van der Waals surface area contributed by atoms with Crippen LogP contribution in [0.25, 0.3) is 0 Å². The van der Waals surface area contributed by atoms with Crippen molar-refractivity contribution in [3.63, 3.8) is 0 Å². The van der Waals surface area contributed by atoms with Crippen LogP contribution in [0.5, 0.6) is 5.75 Å². The topological polar surface area (TPSA) is 116 Å². The Morgan fingerprint density at radius 2 is 1.79 bits per heavy atom. The summed E-state index contributed by atoms with van der Waals surface area (Å²) in [5.74, 6) is -0.638. The van der Waals surface area contributed by atoms with Crippen LogP contribution in [-0.2, 0) is 14.8 Å². The highest BCUT2D eigenvalue weighted by Gasteiger charge is 2.28. The molecule has 1 saturated heterocycles. The van der Waals surface area contributed by atoms with Crippen LogP contribution >= 0.6 is 0 Å². The first-order valence-corrected chi connectivity index (χ1v) is 9.88. The molecule has 9 nitrogen and oxygen atoms in total. The first-order chi connectivity index (χ1) is 13.3. The smallest absolute Gasteiger partial charge is 0.343 e. The Morgan fingerprint density at radius 1 is 1.14 bits per heavy atom. The summed E-state index contributed by atoms with van der Waals surface area (Å²) in [6.07, 6.45) is 0. The largest absolute Gasteiger partial charge is 0.423 e. The fourth-order valence-electron chi connectivity index (χ4n) is 2.73. The molecule has 0 spiro atoms. The third-order valence-corrected chi connectivity index (χ3v) is 6.31. The lowest BCUT2D eigenvalue weighted by Crippen LogP contribution is -2.40. The van der Waals surface area contributed by atoms with Crippen molar-refractivity contribution in [2.75, 3.05) is 26.3 Å². The number of nitrogens with zero attached hydrogens (tertiary/aromatic N) is 2. The second kappa shape index (κ2) is 8.05. The molecule has 1 heterocycles. The zero-order chi connectivity index (χ0) is 20.3. The Kier molecular flexibility index (Phi) is 5.73. The molecule has 1 fully saturated rings. The normalized spacial score (nSPS) is 15.2. The van der Waals surface area contributed by atoms with E-state index in [0.717, 1.165) is 0 Å². The van der Waals surface area contributed by atoms with Gasteiger partial charge in [-0.2, -0.15) is 4.31 Å². The summed E-state index contributed by atoms with van der Waals surface area (Å²) in [4.78, 5) is 22.6. The van der Waals surface area contributed by atoms with Crippen LogP contribution in [0.15, 0.2) is 47.4 Å². The number of carbonyl (C=O) groups is 1. The van der Waals surface area contributed by atoms with Crippen LogP contribution in [0.4, 0.5) is 5.69 Å². The molecule has 10 heteroatoms. The van der Waals surface area contributed by atoms with E-state index >= 15 is 0 Å². The van der Waals surface area contributed by atoms with Crippen LogP contribution in [0, 0.1) is 17.0 Å². The Morgan fingerprint density at radius 3 is 2.39 bits per heavy atom. The van der Waals surface area contributed by atoms with Gasteiger partial charge >= 0.3 is 5.97 Å². The second-order valence-corrected chi connectivity index (χ2v) is 8.04. The molecule has 0 aliphatic carbocycles. The number of esters is 1. The molecule has 0 aromatic heterocycles. The van der Waals surface area contributed by atoms with Gasteiger partial charge in [0.25, 0.3) is 5.69 Å². The van der Waals surface area contributed by atoms with Crippen molar-refractivity contribution in [1.82, 2.24) is 4.31 Å². The monoisotopic (exact) mass is 406 g/mol. The van der Waals surface area contributed by atoms with E-state index in [-0.39, 0.29) is 35.0 Å². The van der Waals surface area contributed by atoms with Crippen LogP contribution < -0.4 is 4.74 Å². The third kappa shape index (κ3) is 4.19. The van der Waals surface area contributed by atoms with E-state index in [9.17, 15) is 23.3 Å². The quantitative estimate of drug-likeness (QED) is 0.323. The maximum atomic E-state index is 12.9. The van der Waals surface area contributed by atoms with Crippen molar-refractivity contribution in [3.8, 4) is 5.75 Å². The van der Waals surface area contributed by atoms with Gasteiger partial charge in [0.2, 0.25) is 10.0 Å². The number of nitro benzene ring substituents is 1. The number of rotatable bonds is 5. The molecule has 1 aliphatic heterocycles. The lowest BCUT2D eigenvalue weighted by molar-refractivity contribution is -0.384. The lowest BCUT2D eigenvalue weighted by Gasteiger charge is -2.26. The Balaban J connectivity index is 1.83. The first-order valence-electron chi connectivity index (χ1n) is 8.44. The number of non-ortho nitro benzene ring substituents is 1. The Bertz CT molecular complexity index is 997. The minimum absolute atomic E-state index is 0.0348. The number of hydrogen-bond acceptors (Lipinski definition) is 7. The standard InChI is InChI=1S/C18H18N2O7S/c1-13-2-3-14(12-17(13)28(24,25)19-8-10-26-11-9-19)18(21)27-16-6-4-15(5-7-16)20(22)23/h2-7,12H,8-11H2,1H3. The van der Waals surface area contributed by atoms with Crippen LogP contribution in [0.3, 0.4) is 0 Å². The number of nitro groups is 1. The summed E-state index contributed by atoms with van der Waals surface area (Å²) >= 11 is 0. The predicted molar refractivity (Wildman–Crippen MR) is 98.8 cm³/mol. The van der Waals surface area contributed by atoms with Gasteiger partial charge in [0, 0.05) is 25.2 Å². The average Bonchev–Trinajstić information content (AvgIpc) is 2.69. The zero-order valence-corrected chi connectivity index (χ0v) is 15.8. The van der Waals surface area contributed by atoms with Crippen molar-refractivity contribution < 1.29 is 27.6 Å². The fraction of sp³-hybridized carbons (Fsp3) is 0.278. The van der Waals surface area contributed by atoms with E-state index in [0.29, 0.717) is 18.8 Å². The predicted octanol–water partition coefficient (Wildman–Crippen LogP) is 2.14. The molecule has 3 rings (SSSR count). The first kappa shape index (κ1) is 19.9. The van der Waals surface area contributed by atoms with Crippen molar-refractivity contribution >= 4 is 21.7 Å². The highest BCUT2D eigenvalue weighted by Crippen LogP contribution is 2.24. The van der Waals surface area contributed by atoms with Crippen LogP contribution in [-0.4, -0.2) is 49.9 Å². The van der Waals surface area contributed by atoms with E-state index in [2.05, 4.69) is 0 Å². The molecule has 148 valence electrons. The molecule has 2 aromatic carbocycles. The molecular weight excluding hydrogens is 388 g/mol. The van der Waals surface area contributed by atoms with Gasteiger partial charge in [-0.1, -0.05) is 6.07 Å². The minimum atomic E-state index is -3.77. The summed E-state index contributed by atoms with van der Waals surface area (Å²) in [5, 5.41) is 10.7. The third-order valence-electron chi connectivity index (χ3n) is 4.27. The van der Waals surface area contributed by atoms with Crippen molar-refractivity contribution in [2.24, 2.45) is 0 Å². The molecule has 1 aliphatic rings. The minimum Gasteiger partial charge on any atom is -0.423 e. The molecule has 0 atom stereocenters. The molecule has 0 amide bonds. The Hall–Kier alpha value is -2.82. The van der Waals surface area contributed by atoms with Gasteiger partial charge < -0.3 is 9.47 Å². The van der Waals surface area contributed by atoms with Gasteiger partial charge in [0.05, 0.1) is 28.6 Å². The van der Waals surface area contributed by atoms with E-state index in [1.54, 1.807) is 13.0 Å². The van der Waals surface area contributed by atoms with Crippen molar-refractivity contribution in [1.29, 1.82) is 0 Å².